The molecule has 0 aliphatic heterocycles. The summed E-state index contributed by atoms with van der Waals surface area (Å²) in [7, 11) is 0. The number of nitrogens with two attached hydrogens (primary N) is 2. The zero-order valence-corrected chi connectivity index (χ0v) is 6.69. The third-order valence-electron chi connectivity index (χ3n) is 1.23. The molecule has 0 aromatic heterocycles. The Balaban J connectivity index is 3.68. The van der Waals surface area contributed by atoms with E-state index in [1.807, 2.05) is 0 Å². The van der Waals surface area contributed by atoms with Crippen LogP contribution in [0.3, 0.4) is 0 Å². The van der Waals surface area contributed by atoms with Crippen LogP contribution in [0.2, 0.25) is 0 Å². The second-order valence-electron chi connectivity index (χ2n) is 2.30. The lowest BCUT2D eigenvalue weighted by atomic mass is 10.3. The summed E-state index contributed by atoms with van der Waals surface area (Å²) in [4.78, 5) is 20.6. The highest BCUT2D eigenvalue weighted by molar-refractivity contribution is 5.79. The van der Waals surface area contributed by atoms with Crippen LogP contribution in [0, 0.1) is 0 Å². The smallest absolute Gasteiger partial charge is 0.248 e. The van der Waals surface area contributed by atoms with Crippen LogP contribution in [0.4, 0.5) is 0 Å². The van der Waals surface area contributed by atoms with Gasteiger partial charge in [-0.3, -0.25) is 9.59 Å². The SMILES string of the molecule is CC(OCC(O)C(N)=O)C(N)=O. The van der Waals surface area contributed by atoms with E-state index in [1.165, 1.54) is 6.92 Å². The van der Waals surface area contributed by atoms with Crippen molar-refractivity contribution in [2.45, 2.75) is 19.1 Å². The van der Waals surface area contributed by atoms with Gasteiger partial charge in [0.2, 0.25) is 11.8 Å². The van der Waals surface area contributed by atoms with Crippen LogP contribution in [0.1, 0.15) is 6.92 Å². The predicted molar refractivity (Wildman–Crippen MR) is 39.8 cm³/mol. The lowest BCUT2D eigenvalue weighted by Gasteiger charge is -2.11. The van der Waals surface area contributed by atoms with E-state index in [2.05, 4.69) is 0 Å². The maximum Gasteiger partial charge on any atom is 0.248 e. The maximum atomic E-state index is 10.4. The first kappa shape index (κ1) is 10.9. The number of rotatable bonds is 5. The Hall–Kier alpha value is -1.14. The van der Waals surface area contributed by atoms with Crippen LogP contribution in [0.25, 0.3) is 0 Å². The molecule has 2 unspecified atom stereocenters. The molecule has 0 saturated heterocycles. The Bertz CT molecular complexity index is 162. The topological polar surface area (TPSA) is 116 Å². The molecule has 2 amide bonds. The van der Waals surface area contributed by atoms with Crippen molar-refractivity contribution in [2.24, 2.45) is 11.5 Å². The fourth-order valence-electron chi connectivity index (χ4n) is 0.400. The van der Waals surface area contributed by atoms with Crippen LogP contribution in [0.15, 0.2) is 0 Å². The average Bonchev–Trinajstić information content (AvgIpc) is 1.98. The zero-order valence-electron chi connectivity index (χ0n) is 6.69. The number of aliphatic hydroxyl groups is 1. The van der Waals surface area contributed by atoms with E-state index in [0.717, 1.165) is 0 Å². The molecule has 6 heteroatoms. The van der Waals surface area contributed by atoms with Crippen molar-refractivity contribution >= 4 is 11.8 Å². The van der Waals surface area contributed by atoms with Crippen LogP contribution in [0.5, 0.6) is 0 Å². The molecule has 0 rings (SSSR count). The van der Waals surface area contributed by atoms with Crippen LogP contribution >= 0.6 is 0 Å². The van der Waals surface area contributed by atoms with Crippen molar-refractivity contribution in [1.29, 1.82) is 0 Å². The van der Waals surface area contributed by atoms with Gasteiger partial charge in [0.05, 0.1) is 6.61 Å². The summed E-state index contributed by atoms with van der Waals surface area (Å²) in [6.07, 6.45) is -2.23. The van der Waals surface area contributed by atoms with E-state index in [-0.39, 0.29) is 6.61 Å². The standard InChI is InChI=1S/C6H12N2O4/c1-3(5(7)10)12-2-4(9)6(8)11/h3-4,9H,2H2,1H3,(H2,7,10)(H2,8,11). The number of hydrogen-bond donors (Lipinski definition) is 3. The maximum absolute atomic E-state index is 10.4. The highest BCUT2D eigenvalue weighted by Crippen LogP contribution is 1.91. The largest absolute Gasteiger partial charge is 0.381 e. The fraction of sp³-hybridized carbons (Fsp3) is 0.667. The minimum Gasteiger partial charge on any atom is -0.381 e. The molecule has 0 aromatic carbocycles. The van der Waals surface area contributed by atoms with E-state index in [4.69, 9.17) is 21.3 Å². The van der Waals surface area contributed by atoms with Crippen molar-refractivity contribution in [3.8, 4) is 0 Å². The van der Waals surface area contributed by atoms with Gasteiger partial charge in [0.15, 0.2) is 6.10 Å². The summed E-state index contributed by atoms with van der Waals surface area (Å²) < 4.78 is 4.70. The molecule has 0 saturated carbocycles. The van der Waals surface area contributed by atoms with Gasteiger partial charge in [-0.25, -0.2) is 0 Å². The molecule has 12 heavy (non-hydrogen) atoms. The number of carbonyl (C=O) groups is 2. The lowest BCUT2D eigenvalue weighted by Crippen LogP contribution is -2.36. The molecule has 5 N–H and O–H groups in total. The Kier molecular flexibility index (Phi) is 4.24. The first-order valence-corrected chi connectivity index (χ1v) is 3.33. The summed E-state index contributed by atoms with van der Waals surface area (Å²) >= 11 is 0. The van der Waals surface area contributed by atoms with Crippen LogP contribution in [-0.2, 0) is 14.3 Å². The number of ether oxygens (including phenoxy) is 1. The lowest BCUT2D eigenvalue weighted by molar-refractivity contribution is -0.137. The van der Waals surface area contributed by atoms with Gasteiger partial charge >= 0.3 is 0 Å². The molecular formula is C6H12N2O4. The summed E-state index contributed by atoms with van der Waals surface area (Å²) in [5.41, 5.74) is 9.55. The molecule has 0 aliphatic carbocycles. The van der Waals surface area contributed by atoms with Gasteiger partial charge in [0.1, 0.15) is 6.10 Å². The second kappa shape index (κ2) is 4.68. The van der Waals surface area contributed by atoms with Crippen LogP contribution in [-0.4, -0.2) is 35.7 Å². The number of aliphatic hydroxyl groups excluding tert-OH is 1. The second-order valence-corrected chi connectivity index (χ2v) is 2.30. The number of primary amides is 2. The molecule has 0 spiro atoms. The summed E-state index contributed by atoms with van der Waals surface area (Å²) in [5, 5.41) is 8.81. The highest BCUT2D eigenvalue weighted by Gasteiger charge is 2.15. The Morgan fingerprint density at radius 1 is 1.42 bits per heavy atom. The minimum atomic E-state index is -1.40. The quantitative estimate of drug-likeness (QED) is 0.437. The summed E-state index contributed by atoms with van der Waals surface area (Å²) in [6.45, 7) is 1.09. The molecule has 0 aliphatic rings. The molecule has 0 fully saturated rings. The molecule has 2 atom stereocenters. The van der Waals surface area contributed by atoms with E-state index >= 15 is 0 Å². The average molecular weight is 176 g/mol. The summed E-state index contributed by atoms with van der Waals surface area (Å²) in [5.74, 6) is -1.56. The third kappa shape index (κ3) is 3.89. The minimum absolute atomic E-state index is 0.320. The fourth-order valence-corrected chi connectivity index (χ4v) is 0.400. The molecular weight excluding hydrogens is 164 g/mol. The Labute approximate surface area is 69.5 Å². The predicted octanol–water partition coefficient (Wildman–Crippen LogP) is -2.28. The van der Waals surface area contributed by atoms with Gasteiger partial charge in [0, 0.05) is 0 Å². The monoisotopic (exact) mass is 176 g/mol. The molecule has 0 aromatic rings. The molecule has 6 nitrogen and oxygen atoms in total. The number of carbonyl (C=O) groups excluding carboxylic acids is 2. The Morgan fingerprint density at radius 3 is 2.25 bits per heavy atom. The summed E-state index contributed by atoms with van der Waals surface area (Å²) in [6, 6.07) is 0. The van der Waals surface area contributed by atoms with Gasteiger partial charge < -0.3 is 21.3 Å². The highest BCUT2D eigenvalue weighted by atomic mass is 16.5. The van der Waals surface area contributed by atoms with E-state index in [0.29, 0.717) is 0 Å². The van der Waals surface area contributed by atoms with Gasteiger partial charge in [-0.15, -0.1) is 0 Å². The van der Waals surface area contributed by atoms with E-state index in [1.54, 1.807) is 0 Å². The van der Waals surface area contributed by atoms with Crippen molar-refractivity contribution in [3.63, 3.8) is 0 Å². The molecule has 0 radical (unpaired) electrons. The third-order valence-corrected chi connectivity index (χ3v) is 1.23. The van der Waals surface area contributed by atoms with Crippen molar-refractivity contribution in [1.82, 2.24) is 0 Å². The molecule has 0 heterocycles. The van der Waals surface area contributed by atoms with Gasteiger partial charge in [0.25, 0.3) is 0 Å². The van der Waals surface area contributed by atoms with Gasteiger partial charge in [-0.05, 0) is 6.92 Å². The van der Waals surface area contributed by atoms with Crippen molar-refractivity contribution in [3.05, 3.63) is 0 Å². The zero-order chi connectivity index (χ0) is 9.72. The first-order valence-electron chi connectivity index (χ1n) is 3.33. The van der Waals surface area contributed by atoms with E-state index in [9.17, 15) is 9.59 Å². The van der Waals surface area contributed by atoms with Crippen molar-refractivity contribution < 1.29 is 19.4 Å². The normalized spacial score (nSPS) is 15.2. The van der Waals surface area contributed by atoms with Gasteiger partial charge in [-0.2, -0.15) is 0 Å². The Morgan fingerprint density at radius 2 is 1.92 bits per heavy atom. The van der Waals surface area contributed by atoms with Gasteiger partial charge in [-0.1, -0.05) is 0 Å². The molecule has 70 valence electrons. The van der Waals surface area contributed by atoms with Crippen LogP contribution < -0.4 is 11.5 Å². The van der Waals surface area contributed by atoms with Crippen molar-refractivity contribution in [2.75, 3.05) is 6.61 Å². The number of hydrogen-bond acceptors (Lipinski definition) is 4. The number of amides is 2. The molecule has 0 bridgehead atoms. The first-order chi connectivity index (χ1) is 5.45. The van der Waals surface area contributed by atoms with E-state index < -0.39 is 24.0 Å².